The van der Waals surface area contributed by atoms with Crippen molar-refractivity contribution in [2.24, 2.45) is 0 Å². The molecule has 0 aliphatic rings. The summed E-state index contributed by atoms with van der Waals surface area (Å²) in [6, 6.07) is 8.40. The predicted molar refractivity (Wildman–Crippen MR) is 104 cm³/mol. The summed E-state index contributed by atoms with van der Waals surface area (Å²) in [5.74, 6) is -0.514. The third kappa shape index (κ3) is 4.93. The molecule has 0 N–H and O–H groups in total. The van der Waals surface area contributed by atoms with E-state index < -0.39 is 16.8 Å². The number of Topliss-reactive ketones (excluding diaryl/α,β-unsaturated/α-hetero) is 1. The van der Waals surface area contributed by atoms with Crippen LogP contribution in [0.3, 0.4) is 0 Å². The number of rotatable bonds is 9. The van der Waals surface area contributed by atoms with E-state index in [2.05, 4.69) is 0 Å². The van der Waals surface area contributed by atoms with E-state index in [9.17, 15) is 13.8 Å². The smallest absolute Gasteiger partial charge is 0.339 e. The van der Waals surface area contributed by atoms with E-state index in [1.54, 1.807) is 44.4 Å². The van der Waals surface area contributed by atoms with Crippen molar-refractivity contribution in [1.82, 2.24) is 4.57 Å². The Labute approximate surface area is 161 Å². The molecule has 7 heteroatoms. The summed E-state index contributed by atoms with van der Waals surface area (Å²) >= 11 is 0. The molecule has 27 heavy (non-hydrogen) atoms. The molecule has 146 valence electrons. The molecule has 2 aromatic rings. The van der Waals surface area contributed by atoms with Gasteiger partial charge in [-0.1, -0.05) is 19.1 Å². The number of carbonyl (C=O) groups excluding carboxylic acids is 2. The molecular formula is C20H25NO5S. The predicted octanol–water partition coefficient (Wildman–Crippen LogP) is 2.92. The Bertz CT molecular complexity index is 856. The van der Waals surface area contributed by atoms with Gasteiger partial charge in [0.2, 0.25) is 5.78 Å². The Morgan fingerprint density at radius 2 is 1.85 bits per heavy atom. The highest BCUT2D eigenvalue weighted by Gasteiger charge is 2.20. The van der Waals surface area contributed by atoms with E-state index in [4.69, 9.17) is 9.47 Å². The third-order valence-corrected chi connectivity index (χ3v) is 5.71. The van der Waals surface area contributed by atoms with Gasteiger partial charge in [0.15, 0.2) is 6.61 Å². The number of aryl methyl sites for hydroxylation is 1. The number of aromatic nitrogens is 1. The van der Waals surface area contributed by atoms with Crippen LogP contribution >= 0.6 is 0 Å². The van der Waals surface area contributed by atoms with Crippen LogP contribution in [0, 0.1) is 13.8 Å². The lowest BCUT2D eigenvalue weighted by atomic mass is 10.1. The molecule has 0 aliphatic carbocycles. The van der Waals surface area contributed by atoms with Crippen LogP contribution in [0.4, 0.5) is 0 Å². The van der Waals surface area contributed by atoms with Gasteiger partial charge in [-0.3, -0.25) is 9.00 Å². The zero-order chi connectivity index (χ0) is 20.0. The molecule has 0 saturated carbocycles. The average molecular weight is 391 g/mol. The van der Waals surface area contributed by atoms with Gasteiger partial charge in [-0.05, 0) is 32.0 Å². The van der Waals surface area contributed by atoms with Crippen molar-refractivity contribution in [3.63, 3.8) is 0 Å². The van der Waals surface area contributed by atoms with Gasteiger partial charge in [0.05, 0.1) is 27.9 Å². The van der Waals surface area contributed by atoms with E-state index in [0.29, 0.717) is 29.4 Å². The number of methoxy groups -OCH3 is 1. The molecule has 1 aromatic heterocycles. The zero-order valence-corrected chi connectivity index (χ0v) is 16.9. The molecule has 6 nitrogen and oxygen atoms in total. The normalized spacial score (nSPS) is 12.0. The minimum absolute atomic E-state index is 0.232. The Hall–Kier alpha value is -2.25. The van der Waals surface area contributed by atoms with Gasteiger partial charge in [-0.15, -0.1) is 0 Å². The Kier molecular flexibility index (Phi) is 7.50. The zero-order valence-electron chi connectivity index (χ0n) is 16.1. The van der Waals surface area contributed by atoms with Crippen molar-refractivity contribution in [3.05, 3.63) is 52.8 Å². The standard InChI is InChI=1S/C20H25NO5S/c1-5-27(24)19-9-7-6-8-16(19)20(23)26-13-18(22)17-12-14(2)21(15(17)3)10-11-25-4/h6-9,12H,5,10-11,13H2,1-4H3/t27-/m1/s1. The number of nitrogens with zero attached hydrogens (tertiary/aromatic N) is 1. The first-order valence-electron chi connectivity index (χ1n) is 8.74. The van der Waals surface area contributed by atoms with E-state index in [1.807, 2.05) is 18.4 Å². The second-order valence-corrected chi connectivity index (χ2v) is 7.77. The van der Waals surface area contributed by atoms with Gasteiger partial charge in [0.25, 0.3) is 0 Å². The molecule has 0 spiro atoms. The van der Waals surface area contributed by atoms with Crippen molar-refractivity contribution < 1.29 is 23.3 Å². The lowest BCUT2D eigenvalue weighted by molar-refractivity contribution is 0.0471. The Morgan fingerprint density at radius 3 is 2.52 bits per heavy atom. The quantitative estimate of drug-likeness (QED) is 0.485. The Morgan fingerprint density at radius 1 is 1.15 bits per heavy atom. The van der Waals surface area contributed by atoms with Crippen LogP contribution in [0.2, 0.25) is 0 Å². The first-order chi connectivity index (χ1) is 12.9. The molecule has 0 aliphatic heterocycles. The van der Waals surface area contributed by atoms with Crippen molar-refractivity contribution in [2.45, 2.75) is 32.2 Å². The molecule has 0 fully saturated rings. The molecule has 0 saturated heterocycles. The van der Waals surface area contributed by atoms with Crippen LogP contribution < -0.4 is 0 Å². The van der Waals surface area contributed by atoms with Gasteiger partial charge in [-0.2, -0.15) is 0 Å². The van der Waals surface area contributed by atoms with Crippen molar-refractivity contribution in [2.75, 3.05) is 26.1 Å². The van der Waals surface area contributed by atoms with E-state index in [0.717, 1.165) is 11.4 Å². The van der Waals surface area contributed by atoms with E-state index in [1.165, 1.54) is 0 Å². The third-order valence-electron chi connectivity index (χ3n) is 4.34. The van der Waals surface area contributed by atoms with Gasteiger partial charge in [-0.25, -0.2) is 4.79 Å². The number of esters is 1. The lowest BCUT2D eigenvalue weighted by Crippen LogP contribution is -2.17. The van der Waals surface area contributed by atoms with Crippen molar-refractivity contribution >= 4 is 22.6 Å². The fraction of sp³-hybridized carbons (Fsp3) is 0.400. The maximum absolute atomic E-state index is 12.5. The average Bonchev–Trinajstić information content (AvgIpc) is 2.97. The summed E-state index contributed by atoms with van der Waals surface area (Å²) < 4.78 is 24.4. The van der Waals surface area contributed by atoms with E-state index in [-0.39, 0.29) is 18.0 Å². The fourth-order valence-electron chi connectivity index (χ4n) is 2.89. The summed E-state index contributed by atoms with van der Waals surface area (Å²) in [6.07, 6.45) is 0. The van der Waals surface area contributed by atoms with E-state index >= 15 is 0 Å². The minimum Gasteiger partial charge on any atom is -0.454 e. The van der Waals surface area contributed by atoms with Gasteiger partial charge < -0.3 is 14.0 Å². The lowest BCUT2D eigenvalue weighted by Gasteiger charge is -2.10. The highest BCUT2D eigenvalue weighted by Crippen LogP contribution is 2.18. The van der Waals surface area contributed by atoms with Crippen LogP contribution in [0.25, 0.3) is 0 Å². The van der Waals surface area contributed by atoms with Crippen LogP contribution in [0.1, 0.15) is 39.0 Å². The number of ether oxygens (including phenoxy) is 2. The number of benzene rings is 1. The van der Waals surface area contributed by atoms with Crippen LogP contribution in [-0.2, 0) is 26.8 Å². The maximum atomic E-state index is 12.5. The summed E-state index contributed by atoms with van der Waals surface area (Å²) in [7, 11) is 0.348. The van der Waals surface area contributed by atoms with Crippen LogP contribution in [0.5, 0.6) is 0 Å². The van der Waals surface area contributed by atoms with Crippen LogP contribution in [-0.4, -0.2) is 46.6 Å². The molecule has 1 atom stereocenters. The molecule has 2 rings (SSSR count). The molecule has 1 aromatic carbocycles. The number of carbonyl (C=O) groups is 2. The molecule has 0 unspecified atom stereocenters. The SMILES string of the molecule is CC[S@@](=O)c1ccccc1C(=O)OCC(=O)c1cc(C)n(CCOC)c1C. The van der Waals surface area contributed by atoms with Gasteiger partial charge in [0.1, 0.15) is 0 Å². The summed E-state index contributed by atoms with van der Waals surface area (Å²) in [5, 5.41) is 0. The fourth-order valence-corrected chi connectivity index (χ4v) is 3.82. The highest BCUT2D eigenvalue weighted by atomic mass is 32.2. The van der Waals surface area contributed by atoms with Gasteiger partial charge >= 0.3 is 5.97 Å². The minimum atomic E-state index is -1.28. The summed E-state index contributed by atoms with van der Waals surface area (Å²) in [6.45, 7) is 6.39. The first-order valence-corrected chi connectivity index (χ1v) is 10.1. The molecular weight excluding hydrogens is 366 g/mol. The number of hydrogen-bond acceptors (Lipinski definition) is 5. The van der Waals surface area contributed by atoms with Gasteiger partial charge in [0, 0.05) is 36.4 Å². The molecule has 0 bridgehead atoms. The molecule has 0 radical (unpaired) electrons. The summed E-state index contributed by atoms with van der Waals surface area (Å²) in [5.41, 5.74) is 2.53. The summed E-state index contributed by atoms with van der Waals surface area (Å²) in [4.78, 5) is 25.3. The Balaban J connectivity index is 2.10. The largest absolute Gasteiger partial charge is 0.454 e. The topological polar surface area (TPSA) is 74.6 Å². The molecule has 1 heterocycles. The number of hydrogen-bond donors (Lipinski definition) is 0. The second-order valence-electron chi connectivity index (χ2n) is 6.06. The maximum Gasteiger partial charge on any atom is 0.339 e. The number of ketones is 1. The highest BCUT2D eigenvalue weighted by molar-refractivity contribution is 7.85. The second kappa shape index (κ2) is 9.62. The van der Waals surface area contributed by atoms with Crippen LogP contribution in [0.15, 0.2) is 35.2 Å². The monoisotopic (exact) mass is 391 g/mol. The van der Waals surface area contributed by atoms with Crippen molar-refractivity contribution in [1.29, 1.82) is 0 Å². The van der Waals surface area contributed by atoms with Crippen molar-refractivity contribution in [3.8, 4) is 0 Å². The first kappa shape index (κ1) is 21.1. The molecule has 0 amide bonds.